The Morgan fingerprint density at radius 1 is 1.29 bits per heavy atom. The largest absolute Gasteiger partial charge is 0.393 e. The van der Waals surface area contributed by atoms with E-state index >= 15 is 0 Å². The molecule has 6 unspecified atom stereocenters. The molecule has 1 heteroatoms. The Morgan fingerprint density at radius 3 is 2.65 bits per heavy atom. The monoisotopic (exact) mass is 238 g/mol. The molecule has 1 nitrogen and oxygen atoms in total. The van der Waals surface area contributed by atoms with Crippen LogP contribution < -0.4 is 0 Å². The average Bonchev–Trinajstić information content (AvgIpc) is 2.33. The second kappa shape index (κ2) is 4.91. The van der Waals surface area contributed by atoms with Gasteiger partial charge in [-0.3, -0.25) is 0 Å². The van der Waals surface area contributed by atoms with Crippen molar-refractivity contribution < 1.29 is 5.11 Å². The Kier molecular flexibility index (Phi) is 3.87. The molecule has 2 fully saturated rings. The van der Waals surface area contributed by atoms with Gasteiger partial charge in [0.2, 0.25) is 0 Å². The first-order chi connectivity index (χ1) is 7.98. The van der Waals surface area contributed by atoms with Crippen LogP contribution in [0.1, 0.15) is 66.2 Å². The van der Waals surface area contributed by atoms with Crippen LogP contribution in [-0.2, 0) is 0 Å². The fourth-order valence-electron chi connectivity index (χ4n) is 4.61. The van der Waals surface area contributed by atoms with E-state index in [0.29, 0.717) is 11.3 Å². The van der Waals surface area contributed by atoms with E-state index in [1.54, 1.807) is 0 Å². The molecule has 2 rings (SSSR count). The summed E-state index contributed by atoms with van der Waals surface area (Å²) in [7, 11) is 0. The average molecular weight is 238 g/mol. The lowest BCUT2D eigenvalue weighted by molar-refractivity contribution is -0.0738. The molecule has 0 bridgehead atoms. The third-order valence-electron chi connectivity index (χ3n) is 6.17. The summed E-state index contributed by atoms with van der Waals surface area (Å²) in [5, 5.41) is 10.1. The van der Waals surface area contributed by atoms with Gasteiger partial charge in [-0.15, -0.1) is 0 Å². The van der Waals surface area contributed by atoms with Crippen molar-refractivity contribution in [2.45, 2.75) is 72.3 Å². The SMILES string of the molecule is CCC(C)C1CCC2C(C)C(O)CCC2(C)C1. The van der Waals surface area contributed by atoms with Gasteiger partial charge >= 0.3 is 0 Å². The van der Waals surface area contributed by atoms with Gasteiger partial charge in [-0.05, 0) is 61.2 Å². The van der Waals surface area contributed by atoms with Gasteiger partial charge in [-0.1, -0.05) is 34.1 Å². The molecule has 0 radical (unpaired) electrons. The number of fused-ring (bicyclic) bond motifs is 1. The van der Waals surface area contributed by atoms with Crippen LogP contribution in [-0.4, -0.2) is 11.2 Å². The summed E-state index contributed by atoms with van der Waals surface area (Å²) >= 11 is 0. The molecule has 6 atom stereocenters. The van der Waals surface area contributed by atoms with Gasteiger partial charge in [0.1, 0.15) is 0 Å². The number of aliphatic hydroxyl groups is 1. The Bertz CT molecular complexity index is 262. The summed E-state index contributed by atoms with van der Waals surface area (Å²) in [6.07, 6.45) is 7.72. The summed E-state index contributed by atoms with van der Waals surface area (Å²) < 4.78 is 0. The van der Waals surface area contributed by atoms with Crippen LogP contribution in [0.25, 0.3) is 0 Å². The first kappa shape index (κ1) is 13.4. The highest BCUT2D eigenvalue weighted by Crippen LogP contribution is 2.55. The molecule has 0 aliphatic heterocycles. The Balaban J connectivity index is 2.08. The molecule has 0 amide bonds. The van der Waals surface area contributed by atoms with Crippen LogP contribution in [0, 0.1) is 29.1 Å². The van der Waals surface area contributed by atoms with Crippen molar-refractivity contribution >= 4 is 0 Å². The maximum atomic E-state index is 10.1. The Hall–Kier alpha value is -0.0400. The number of aliphatic hydroxyl groups excluding tert-OH is 1. The second-order valence-corrected chi connectivity index (χ2v) is 7.15. The molecular formula is C16H30O. The predicted octanol–water partition coefficient (Wildman–Crippen LogP) is 4.25. The van der Waals surface area contributed by atoms with Crippen molar-refractivity contribution in [1.29, 1.82) is 0 Å². The highest BCUT2D eigenvalue weighted by atomic mass is 16.3. The molecule has 1 N–H and O–H groups in total. The number of rotatable bonds is 2. The zero-order chi connectivity index (χ0) is 12.6. The highest BCUT2D eigenvalue weighted by molar-refractivity contribution is 4.97. The van der Waals surface area contributed by atoms with Gasteiger partial charge in [0.05, 0.1) is 6.10 Å². The van der Waals surface area contributed by atoms with Gasteiger partial charge < -0.3 is 5.11 Å². The van der Waals surface area contributed by atoms with Crippen molar-refractivity contribution in [1.82, 2.24) is 0 Å². The maximum absolute atomic E-state index is 10.1. The van der Waals surface area contributed by atoms with Crippen molar-refractivity contribution in [2.24, 2.45) is 29.1 Å². The first-order valence-corrected chi connectivity index (χ1v) is 7.66. The van der Waals surface area contributed by atoms with E-state index in [1.807, 2.05) is 0 Å². The van der Waals surface area contributed by atoms with Crippen LogP contribution in [0.5, 0.6) is 0 Å². The summed E-state index contributed by atoms with van der Waals surface area (Å²) in [5.41, 5.74) is 0.519. The summed E-state index contributed by atoms with van der Waals surface area (Å²) in [6, 6.07) is 0. The molecule has 2 aliphatic carbocycles. The molecule has 2 saturated carbocycles. The lowest BCUT2D eigenvalue weighted by atomic mass is 9.53. The van der Waals surface area contributed by atoms with E-state index < -0.39 is 0 Å². The number of hydrogen-bond donors (Lipinski definition) is 1. The molecule has 0 aromatic heterocycles. The van der Waals surface area contributed by atoms with Crippen LogP contribution in [0.15, 0.2) is 0 Å². The van der Waals surface area contributed by atoms with Gasteiger partial charge in [-0.2, -0.15) is 0 Å². The molecular weight excluding hydrogens is 208 g/mol. The lowest BCUT2D eigenvalue weighted by Gasteiger charge is -2.53. The zero-order valence-electron chi connectivity index (χ0n) is 12.1. The smallest absolute Gasteiger partial charge is 0.0568 e. The molecule has 0 spiro atoms. The molecule has 17 heavy (non-hydrogen) atoms. The standard InChI is InChI=1S/C16H30O/c1-5-11(2)13-6-7-14-12(3)15(17)8-9-16(14,4)10-13/h11-15,17H,5-10H2,1-4H3. The third kappa shape index (κ3) is 2.41. The second-order valence-electron chi connectivity index (χ2n) is 7.15. The van der Waals surface area contributed by atoms with Crippen molar-refractivity contribution in [2.75, 3.05) is 0 Å². The normalized spacial score (nSPS) is 48.5. The fourth-order valence-corrected chi connectivity index (χ4v) is 4.61. The maximum Gasteiger partial charge on any atom is 0.0568 e. The zero-order valence-corrected chi connectivity index (χ0v) is 12.1. The summed E-state index contributed by atoms with van der Waals surface area (Å²) in [5.74, 6) is 3.11. The van der Waals surface area contributed by atoms with Crippen LogP contribution in [0.4, 0.5) is 0 Å². The predicted molar refractivity (Wildman–Crippen MR) is 72.8 cm³/mol. The molecule has 0 aromatic rings. The van der Waals surface area contributed by atoms with Crippen molar-refractivity contribution in [3.05, 3.63) is 0 Å². The van der Waals surface area contributed by atoms with E-state index in [0.717, 1.165) is 24.2 Å². The minimum Gasteiger partial charge on any atom is -0.393 e. The first-order valence-electron chi connectivity index (χ1n) is 7.66. The molecule has 0 heterocycles. The lowest BCUT2D eigenvalue weighted by Crippen LogP contribution is -2.47. The van der Waals surface area contributed by atoms with E-state index in [1.165, 1.54) is 32.1 Å². The topological polar surface area (TPSA) is 20.2 Å². The fraction of sp³-hybridized carbons (Fsp3) is 1.00. The van der Waals surface area contributed by atoms with E-state index in [-0.39, 0.29) is 6.10 Å². The summed E-state index contributed by atoms with van der Waals surface area (Å²) in [4.78, 5) is 0. The van der Waals surface area contributed by atoms with Gasteiger partial charge in [0.25, 0.3) is 0 Å². The number of hydrogen-bond acceptors (Lipinski definition) is 1. The van der Waals surface area contributed by atoms with Crippen LogP contribution in [0.3, 0.4) is 0 Å². The molecule has 2 aliphatic rings. The minimum absolute atomic E-state index is 0.0341. The quantitative estimate of drug-likeness (QED) is 0.762. The van der Waals surface area contributed by atoms with Crippen molar-refractivity contribution in [3.63, 3.8) is 0 Å². The van der Waals surface area contributed by atoms with Gasteiger partial charge in [0, 0.05) is 0 Å². The van der Waals surface area contributed by atoms with E-state index in [4.69, 9.17) is 0 Å². The molecule has 0 saturated heterocycles. The third-order valence-corrected chi connectivity index (χ3v) is 6.17. The van der Waals surface area contributed by atoms with E-state index in [2.05, 4.69) is 27.7 Å². The molecule has 0 aromatic carbocycles. The van der Waals surface area contributed by atoms with E-state index in [9.17, 15) is 5.11 Å². The Morgan fingerprint density at radius 2 is 2.00 bits per heavy atom. The Labute approximate surface area is 107 Å². The van der Waals surface area contributed by atoms with Crippen LogP contribution in [0.2, 0.25) is 0 Å². The van der Waals surface area contributed by atoms with Crippen molar-refractivity contribution in [3.8, 4) is 0 Å². The highest BCUT2D eigenvalue weighted by Gasteiger charge is 2.47. The van der Waals surface area contributed by atoms with Gasteiger partial charge in [-0.25, -0.2) is 0 Å². The molecule has 100 valence electrons. The summed E-state index contributed by atoms with van der Waals surface area (Å²) in [6.45, 7) is 9.52. The minimum atomic E-state index is -0.0341. The van der Waals surface area contributed by atoms with Crippen LogP contribution >= 0.6 is 0 Å². The van der Waals surface area contributed by atoms with Gasteiger partial charge in [0.15, 0.2) is 0 Å².